The van der Waals surface area contributed by atoms with Crippen molar-refractivity contribution in [3.8, 4) is 0 Å². The van der Waals surface area contributed by atoms with Crippen LogP contribution in [0.1, 0.15) is 54.8 Å². The monoisotopic (exact) mass is 373 g/mol. The molecule has 0 saturated heterocycles. The Morgan fingerprint density at radius 2 is 1.88 bits per heavy atom. The number of thioether (sulfide) groups is 1. The van der Waals surface area contributed by atoms with Crippen LogP contribution in [0.5, 0.6) is 0 Å². The second-order valence-electron chi connectivity index (χ2n) is 6.45. The van der Waals surface area contributed by atoms with Gasteiger partial charge in [0.2, 0.25) is 5.91 Å². The van der Waals surface area contributed by atoms with Crippen molar-refractivity contribution in [3.63, 3.8) is 0 Å². The van der Waals surface area contributed by atoms with Crippen LogP contribution in [0.15, 0.2) is 35.5 Å². The van der Waals surface area contributed by atoms with Gasteiger partial charge < -0.3 is 10.3 Å². The average Bonchev–Trinajstić information content (AvgIpc) is 3.01. The molecule has 1 saturated carbocycles. The maximum absolute atomic E-state index is 12.6. The van der Waals surface area contributed by atoms with E-state index in [2.05, 4.69) is 20.1 Å². The minimum absolute atomic E-state index is 0.358. The summed E-state index contributed by atoms with van der Waals surface area (Å²) in [5.41, 5.74) is 5.92. The summed E-state index contributed by atoms with van der Waals surface area (Å²) in [4.78, 5) is 23.7. The Labute approximate surface area is 156 Å². The van der Waals surface area contributed by atoms with Gasteiger partial charge in [0, 0.05) is 6.04 Å². The lowest BCUT2D eigenvalue weighted by Crippen LogP contribution is -2.37. The second kappa shape index (κ2) is 8.35. The molecule has 3 amide bonds. The summed E-state index contributed by atoms with van der Waals surface area (Å²) < 4.78 is 2.14. The predicted octanol–water partition coefficient (Wildman–Crippen LogP) is 3.12. The summed E-state index contributed by atoms with van der Waals surface area (Å²) in [6.07, 6.45) is 5.83. The highest BCUT2D eigenvalue weighted by atomic mass is 32.2. The third kappa shape index (κ3) is 4.24. The summed E-state index contributed by atoms with van der Waals surface area (Å²) in [6, 6.07) is 8.80. The molecule has 1 fully saturated rings. The van der Waals surface area contributed by atoms with Gasteiger partial charge in [-0.1, -0.05) is 61.4 Å². The highest BCUT2D eigenvalue weighted by Crippen LogP contribution is 2.38. The lowest BCUT2D eigenvalue weighted by atomic mass is 9.95. The molecule has 8 heteroatoms. The van der Waals surface area contributed by atoms with Crippen molar-refractivity contribution in [2.24, 2.45) is 5.73 Å². The van der Waals surface area contributed by atoms with Gasteiger partial charge in [0.05, 0.1) is 0 Å². The first-order valence-corrected chi connectivity index (χ1v) is 9.67. The van der Waals surface area contributed by atoms with Crippen molar-refractivity contribution in [3.05, 3.63) is 41.7 Å². The third-order valence-electron chi connectivity index (χ3n) is 4.58. The van der Waals surface area contributed by atoms with Crippen LogP contribution in [0.25, 0.3) is 0 Å². The van der Waals surface area contributed by atoms with Crippen molar-refractivity contribution in [2.45, 2.75) is 55.5 Å². The van der Waals surface area contributed by atoms with Crippen LogP contribution in [0.4, 0.5) is 4.79 Å². The second-order valence-corrected chi connectivity index (χ2v) is 7.53. The van der Waals surface area contributed by atoms with E-state index in [1.54, 1.807) is 0 Å². The number of aromatic nitrogens is 3. The van der Waals surface area contributed by atoms with Crippen LogP contribution in [0.2, 0.25) is 0 Å². The SMILES string of the molecule is Cc1nnc(SC(C(=O)NC(N)=O)c2ccccc2)n1C1CCCCC1. The van der Waals surface area contributed by atoms with E-state index in [9.17, 15) is 9.59 Å². The van der Waals surface area contributed by atoms with E-state index in [4.69, 9.17) is 5.73 Å². The Morgan fingerprint density at radius 3 is 2.54 bits per heavy atom. The number of hydrogen-bond donors (Lipinski definition) is 2. The molecule has 3 N–H and O–H groups in total. The molecule has 1 aliphatic carbocycles. The fourth-order valence-corrected chi connectivity index (χ4v) is 4.54. The van der Waals surface area contributed by atoms with Gasteiger partial charge in [0.25, 0.3) is 0 Å². The fraction of sp³-hybridized carbons (Fsp3) is 0.444. The lowest BCUT2D eigenvalue weighted by molar-refractivity contribution is -0.119. The highest BCUT2D eigenvalue weighted by molar-refractivity contribution is 8.00. The molecule has 1 aliphatic rings. The van der Waals surface area contributed by atoms with Crippen molar-refractivity contribution in [2.75, 3.05) is 0 Å². The van der Waals surface area contributed by atoms with Gasteiger partial charge in [-0.05, 0) is 25.3 Å². The summed E-state index contributed by atoms with van der Waals surface area (Å²) in [7, 11) is 0. The first kappa shape index (κ1) is 18.4. The first-order valence-electron chi connectivity index (χ1n) is 8.79. The molecule has 0 aliphatic heterocycles. The van der Waals surface area contributed by atoms with Crippen molar-refractivity contribution < 1.29 is 9.59 Å². The molecule has 26 heavy (non-hydrogen) atoms. The molecule has 1 heterocycles. The zero-order valence-corrected chi connectivity index (χ0v) is 15.5. The summed E-state index contributed by atoms with van der Waals surface area (Å²) in [5, 5.41) is 10.8. The largest absolute Gasteiger partial charge is 0.351 e. The smallest absolute Gasteiger partial charge is 0.318 e. The highest BCUT2D eigenvalue weighted by Gasteiger charge is 2.28. The number of hydrogen-bond acceptors (Lipinski definition) is 5. The predicted molar refractivity (Wildman–Crippen MR) is 99.6 cm³/mol. The van der Waals surface area contributed by atoms with Crippen molar-refractivity contribution >= 4 is 23.7 Å². The molecule has 0 bridgehead atoms. The molecule has 3 rings (SSSR count). The van der Waals surface area contributed by atoms with E-state index in [1.165, 1.54) is 31.0 Å². The minimum Gasteiger partial charge on any atom is -0.351 e. The summed E-state index contributed by atoms with van der Waals surface area (Å²) >= 11 is 1.30. The van der Waals surface area contributed by atoms with Crippen LogP contribution in [-0.2, 0) is 4.79 Å². The van der Waals surface area contributed by atoms with E-state index >= 15 is 0 Å². The molecule has 1 aromatic heterocycles. The van der Waals surface area contributed by atoms with Gasteiger partial charge in [-0.2, -0.15) is 0 Å². The maximum Gasteiger partial charge on any atom is 0.318 e. The summed E-state index contributed by atoms with van der Waals surface area (Å²) in [6.45, 7) is 1.94. The zero-order chi connectivity index (χ0) is 18.5. The number of benzene rings is 1. The molecule has 1 atom stereocenters. The maximum atomic E-state index is 12.6. The molecule has 1 aromatic carbocycles. The van der Waals surface area contributed by atoms with Gasteiger partial charge in [-0.25, -0.2) is 4.79 Å². The summed E-state index contributed by atoms with van der Waals surface area (Å²) in [5.74, 6) is 0.395. The van der Waals surface area contributed by atoms with Crippen molar-refractivity contribution in [1.29, 1.82) is 0 Å². The van der Waals surface area contributed by atoms with E-state index in [0.29, 0.717) is 11.2 Å². The molecule has 0 radical (unpaired) electrons. The van der Waals surface area contributed by atoms with Gasteiger partial charge >= 0.3 is 6.03 Å². The molecule has 2 aromatic rings. The zero-order valence-electron chi connectivity index (χ0n) is 14.7. The Bertz CT molecular complexity index is 771. The number of primary amides is 1. The molecule has 1 unspecified atom stereocenters. The number of nitrogens with two attached hydrogens (primary N) is 1. The first-order chi connectivity index (χ1) is 12.6. The molecular formula is C18H23N5O2S. The van der Waals surface area contributed by atoms with E-state index < -0.39 is 17.2 Å². The van der Waals surface area contributed by atoms with Gasteiger partial charge in [0.1, 0.15) is 11.1 Å². The number of rotatable bonds is 5. The normalized spacial score (nSPS) is 16.2. The van der Waals surface area contributed by atoms with E-state index in [1.807, 2.05) is 37.3 Å². The molecule has 0 spiro atoms. The minimum atomic E-state index is -0.860. The van der Waals surface area contributed by atoms with Crippen LogP contribution >= 0.6 is 11.8 Å². The quantitative estimate of drug-likeness (QED) is 0.784. The Hall–Kier alpha value is -2.35. The topological polar surface area (TPSA) is 103 Å². The number of aryl methyl sites for hydroxylation is 1. The van der Waals surface area contributed by atoms with Crippen molar-refractivity contribution in [1.82, 2.24) is 20.1 Å². The lowest BCUT2D eigenvalue weighted by Gasteiger charge is -2.25. The van der Waals surface area contributed by atoms with Crippen LogP contribution in [-0.4, -0.2) is 26.7 Å². The number of carbonyl (C=O) groups excluding carboxylic acids is 2. The number of nitrogens with one attached hydrogen (secondary N) is 1. The third-order valence-corrected chi connectivity index (χ3v) is 5.80. The van der Waals surface area contributed by atoms with Crippen LogP contribution < -0.4 is 11.1 Å². The van der Waals surface area contributed by atoms with Crippen LogP contribution in [0, 0.1) is 6.92 Å². The number of imide groups is 1. The number of amides is 3. The Balaban J connectivity index is 1.90. The fourth-order valence-electron chi connectivity index (χ4n) is 3.38. The average molecular weight is 373 g/mol. The number of nitrogens with zero attached hydrogens (tertiary/aromatic N) is 3. The van der Waals surface area contributed by atoms with Gasteiger partial charge in [0.15, 0.2) is 5.16 Å². The van der Waals surface area contributed by atoms with E-state index in [-0.39, 0.29) is 0 Å². The van der Waals surface area contributed by atoms with E-state index in [0.717, 1.165) is 24.2 Å². The van der Waals surface area contributed by atoms with Crippen LogP contribution in [0.3, 0.4) is 0 Å². The molecule has 138 valence electrons. The number of urea groups is 1. The number of carbonyl (C=O) groups is 2. The van der Waals surface area contributed by atoms with Gasteiger partial charge in [-0.15, -0.1) is 10.2 Å². The molecule has 7 nitrogen and oxygen atoms in total. The Kier molecular flexibility index (Phi) is 5.92. The Morgan fingerprint density at radius 1 is 1.19 bits per heavy atom. The standard InChI is InChI=1S/C18H23N5O2S/c1-12-21-22-18(23(12)14-10-6-3-7-11-14)26-15(16(24)20-17(19)25)13-8-4-2-5-9-13/h2,4-5,8-9,14-15H,3,6-7,10-11H2,1H3,(H3,19,20,24,25). The van der Waals surface area contributed by atoms with Gasteiger partial charge in [-0.3, -0.25) is 10.1 Å². The molecular weight excluding hydrogens is 350 g/mol.